The largest absolute Gasteiger partial charge is 0.472 e. The van der Waals surface area contributed by atoms with Gasteiger partial charge in [0, 0.05) is 111 Å². The quantitative estimate of drug-likeness (QED) is 0.0124. The maximum atomic E-state index is 15.5. The van der Waals surface area contributed by atoms with Gasteiger partial charge in [0.15, 0.2) is 24.9 Å². The Hall–Kier alpha value is -6.74. The van der Waals surface area contributed by atoms with Crippen LogP contribution in [-0.4, -0.2) is 294 Å². The molecule has 770 valence electrons. The second kappa shape index (κ2) is 47.0. The molecular formula is C74H110N15O41P5S3. The standard InChI is InChI=1S/C74H110N15O41P5S3/c1-13-41-42(22-48(120-41)84-23-34(2)58(75)78-69(84)94)126-133(104,136)118-32-44-50(40(8)64(122-44)85-26-37(5)61(91)81-72(85)97)127-131(100,101)115-30-45-51(55(112-19-15-108-10)66(123-45)89-28-39(7)63(93)83-74(89)99)128-132(102,103)116-31-46-52(56(113-20-16-109-11)67(124-46)86-24-35(3)59(76)79-70(86)95)129-135(106,138)119-33-47-53(57(114-21-17-110-12)68(125-47)87-25-36(4)60(77)80-71(87)96)130-134(105,137)117-29-43-49(90)54(111-18-14-107-9)65(121-43)88-27-38(6)62(92)82-73(88)98/h23-28,40-57,64-68,90H,13-22,29-33H2,1-12H3,(H,100,101)(H,102,103)(H,104,136)(H,105,137)(H,106,138)(H2,75,78,94)(H2,76,79,95)(H2,77,80,96)(H,81,91,97)(H,82,92,98)(H,83,93,99)/t40-,41+,42?,43+,44+,45+,46+,47+,48+,49?,50?,51?,52?,53?,54-,55-,56-,57-,64+,65+,66+,67+,68+,133?,134?,135?/m0/s1. The number of aliphatic hydroxyl groups is 1. The molecule has 6 aromatic heterocycles. The number of nitrogens with zero attached hydrogens (tertiary/aromatic N) is 9. The van der Waals surface area contributed by atoms with Crippen LogP contribution in [0.25, 0.3) is 0 Å². The molecule has 12 heterocycles. The number of hydrogen-bond acceptors (Lipinski definition) is 45. The fraction of sp³-hybridized carbons (Fsp3) is 0.676. The number of phosphoric acid groups is 2. The van der Waals surface area contributed by atoms with Crippen molar-refractivity contribution in [3.63, 3.8) is 0 Å². The number of aliphatic hydroxyl groups excluding tert-OH is 1. The summed E-state index contributed by atoms with van der Waals surface area (Å²) in [5.41, 5.74) is 10.5. The van der Waals surface area contributed by atoms with Gasteiger partial charge in [-0.1, -0.05) is 26.1 Å². The first-order valence-corrected chi connectivity index (χ1v) is 53.3. The lowest BCUT2D eigenvalue weighted by molar-refractivity contribution is -0.0847. The molecule has 14 N–H and O–H groups in total. The van der Waals surface area contributed by atoms with Crippen LogP contribution in [0.5, 0.6) is 0 Å². The van der Waals surface area contributed by atoms with Gasteiger partial charge < -0.3 is 122 Å². The number of hydrogen-bond donors (Lipinski definition) is 12. The van der Waals surface area contributed by atoms with Gasteiger partial charge in [0.2, 0.25) is 0 Å². The first kappa shape index (κ1) is 110. The van der Waals surface area contributed by atoms with E-state index in [1.807, 2.05) is 0 Å². The third-order valence-corrected chi connectivity index (χ3v) is 29.5. The number of thiol groups is 1. The first-order valence-electron chi connectivity index (χ1n) is 42.4. The summed E-state index contributed by atoms with van der Waals surface area (Å²) >= 11 is 15.5. The van der Waals surface area contributed by atoms with Crippen LogP contribution in [0.1, 0.15) is 97.4 Å². The van der Waals surface area contributed by atoms with Crippen LogP contribution in [0.15, 0.2) is 80.3 Å². The minimum atomic E-state index is -5.95. The fourth-order valence-electron chi connectivity index (χ4n) is 15.7. The Morgan fingerprint density at radius 2 is 0.725 bits per heavy atom. The van der Waals surface area contributed by atoms with Crippen molar-refractivity contribution in [1.82, 2.24) is 57.3 Å². The average molecular weight is 2120 g/mol. The predicted molar refractivity (Wildman–Crippen MR) is 484 cm³/mol. The van der Waals surface area contributed by atoms with Gasteiger partial charge in [-0.25, -0.2) is 42.5 Å². The highest BCUT2D eigenvalue weighted by molar-refractivity contribution is 8.44. The molecule has 6 fully saturated rings. The van der Waals surface area contributed by atoms with E-state index in [0.717, 1.165) is 35.2 Å². The molecule has 0 amide bonds. The van der Waals surface area contributed by atoms with Crippen molar-refractivity contribution in [2.45, 2.75) is 203 Å². The summed E-state index contributed by atoms with van der Waals surface area (Å²) in [7, 11) is -6.38. The summed E-state index contributed by atoms with van der Waals surface area (Å²) in [5, 5.41) is 11.8. The molecule has 138 heavy (non-hydrogen) atoms. The summed E-state index contributed by atoms with van der Waals surface area (Å²) in [6.07, 6.45) is -28.3. The van der Waals surface area contributed by atoms with Gasteiger partial charge in [-0.2, -0.15) is 15.0 Å². The summed E-state index contributed by atoms with van der Waals surface area (Å²) in [6, 6.07) is 0. The summed E-state index contributed by atoms with van der Waals surface area (Å²) in [5.74, 6) is -1.67. The lowest BCUT2D eigenvalue weighted by Gasteiger charge is -2.30. The number of ether oxygens (including phenoxy) is 14. The number of nitrogen functional groups attached to an aromatic ring is 3. The van der Waals surface area contributed by atoms with E-state index >= 15 is 9.13 Å². The van der Waals surface area contributed by atoms with Crippen LogP contribution >= 0.6 is 48.1 Å². The molecule has 64 heteroatoms. The third kappa shape index (κ3) is 26.7. The molecular weight excluding hydrogens is 2010 g/mol. The van der Waals surface area contributed by atoms with E-state index in [-0.39, 0.29) is 97.8 Å². The average Bonchev–Trinajstić information content (AvgIpc) is 1.63. The number of aromatic nitrogens is 12. The zero-order chi connectivity index (χ0) is 101. The predicted octanol–water partition coefficient (Wildman–Crippen LogP) is -1.01. The van der Waals surface area contributed by atoms with Crippen LogP contribution in [0.2, 0.25) is 0 Å². The lowest BCUT2D eigenvalue weighted by Crippen LogP contribution is -2.42. The second-order valence-electron chi connectivity index (χ2n) is 32.4. The third-order valence-electron chi connectivity index (χ3n) is 22.7. The first-order chi connectivity index (χ1) is 65.1. The van der Waals surface area contributed by atoms with Gasteiger partial charge >= 0.3 is 70.0 Å². The van der Waals surface area contributed by atoms with E-state index in [0.29, 0.717) is 5.56 Å². The Balaban J connectivity index is 0.829. The second-order valence-corrected chi connectivity index (χ2v) is 43.7. The van der Waals surface area contributed by atoms with E-state index in [1.165, 1.54) is 99.3 Å². The molecule has 56 nitrogen and oxygen atoms in total. The Bertz CT molecular complexity index is 6130. The number of anilines is 3. The number of aromatic amines is 3. The molecule has 28 atom stereocenters. The number of H-pyrrole nitrogens is 3. The van der Waals surface area contributed by atoms with Crippen LogP contribution in [0.4, 0.5) is 17.5 Å². The Morgan fingerprint density at radius 1 is 0.406 bits per heavy atom. The number of methoxy groups -OCH3 is 4. The van der Waals surface area contributed by atoms with Gasteiger partial charge in [-0.15, -0.1) is 0 Å². The topological polar surface area (TPSA) is 721 Å². The van der Waals surface area contributed by atoms with Crippen molar-refractivity contribution in [3.05, 3.63) is 165 Å². The zero-order valence-electron chi connectivity index (χ0n) is 76.0. The van der Waals surface area contributed by atoms with Gasteiger partial charge in [-0.05, 0) is 71.6 Å². The Morgan fingerprint density at radius 3 is 1.15 bits per heavy atom. The smallest absolute Gasteiger partial charge is 0.387 e. The lowest BCUT2D eigenvalue weighted by atomic mass is 10.0. The highest BCUT2D eigenvalue weighted by Crippen LogP contribution is 2.60. The molecule has 6 saturated heterocycles. The van der Waals surface area contributed by atoms with E-state index in [2.05, 4.69) is 42.2 Å². The minimum absolute atomic E-state index is 0.0105. The van der Waals surface area contributed by atoms with Crippen LogP contribution in [-0.2, 0) is 149 Å². The number of nitrogens with one attached hydrogen (secondary N) is 3. The molecule has 0 aliphatic carbocycles. The maximum Gasteiger partial charge on any atom is 0.472 e. The molecule has 0 spiro atoms. The number of aryl methyl sites for hydroxylation is 6. The number of phosphoric ester groups is 2. The maximum absolute atomic E-state index is 15.5. The van der Waals surface area contributed by atoms with Crippen molar-refractivity contribution in [1.29, 1.82) is 0 Å². The fourth-order valence-corrected chi connectivity index (χ4v) is 22.1. The van der Waals surface area contributed by atoms with E-state index < -0.39 is 274 Å². The molecule has 6 aliphatic rings. The molecule has 6 aromatic rings. The molecule has 12 rings (SSSR count). The Labute approximate surface area is 797 Å². The summed E-state index contributed by atoms with van der Waals surface area (Å²) < 4.78 is 194. The molecule has 0 saturated carbocycles. The van der Waals surface area contributed by atoms with Crippen LogP contribution in [0, 0.1) is 47.5 Å². The highest BCUT2D eigenvalue weighted by atomic mass is 32.7. The van der Waals surface area contributed by atoms with Gasteiger partial charge in [0.1, 0.15) is 115 Å². The summed E-state index contributed by atoms with van der Waals surface area (Å²) in [4.78, 5) is 186. The summed E-state index contributed by atoms with van der Waals surface area (Å²) in [6.45, 7) is -9.74. The Kier molecular flexibility index (Phi) is 37.5. The van der Waals surface area contributed by atoms with Crippen molar-refractivity contribution in [2.75, 3.05) is 132 Å². The highest BCUT2D eigenvalue weighted by Gasteiger charge is 2.58. The van der Waals surface area contributed by atoms with E-state index in [4.69, 9.17) is 152 Å². The van der Waals surface area contributed by atoms with Crippen molar-refractivity contribution in [2.24, 2.45) is 5.92 Å². The van der Waals surface area contributed by atoms with Crippen molar-refractivity contribution >= 4 is 89.2 Å². The van der Waals surface area contributed by atoms with Crippen LogP contribution in [0.3, 0.4) is 0 Å². The van der Waals surface area contributed by atoms with E-state index in [1.54, 1.807) is 13.8 Å². The zero-order valence-corrected chi connectivity index (χ0v) is 83.0. The van der Waals surface area contributed by atoms with Gasteiger partial charge in [0.25, 0.3) is 16.7 Å². The monoisotopic (exact) mass is 2120 g/mol. The minimum Gasteiger partial charge on any atom is -0.387 e. The van der Waals surface area contributed by atoms with Crippen LogP contribution < -0.4 is 68.0 Å². The normalized spacial score (nSPS) is 29.9. The molecule has 0 radical (unpaired) electrons. The number of rotatable bonds is 48. The number of nitrogens with two attached hydrogens (primary N) is 3. The van der Waals surface area contributed by atoms with Gasteiger partial charge in [-0.3, -0.25) is 88.4 Å². The molecule has 0 bridgehead atoms. The van der Waals surface area contributed by atoms with Crippen molar-refractivity contribution in [3.8, 4) is 0 Å². The van der Waals surface area contributed by atoms with E-state index in [9.17, 15) is 72.4 Å². The molecule has 6 aliphatic heterocycles. The SMILES string of the molecule is CC[C@H]1O[C@@H](n2cc(C)c(N)nc2=O)CC1OP(O)(=S)OC[C@H]1O[C@@H](n2cc(C)c(=O)[nH]c2=O)[C@@H](C)C1OP(=O)(O)OC[C@H]1O[C@@H](n2cc(C)c(=O)[nH]c2=O)[C@@H](OCCOC)C1OP(=O)(O)OC[C@H]1O[C@@H](n2cc(C)c(N)nc2=O)[C@@H](OCCOC)C1OP(=O)(S)OC[C@H]1O[C@@H](n2cc(C)c(N)nc2=O)[C@@H](OCCOC)C1OP(O)(=S)OC[C@H]1O[C@@H](n2cc(C)c(=O)[nH]c2=O)[C@@H](OCCOC)C1O. The molecule has 11 unspecified atom stereocenters. The van der Waals surface area contributed by atoms with Gasteiger partial charge in [0.05, 0.1) is 98.1 Å². The van der Waals surface area contributed by atoms with Crippen molar-refractivity contribution < 1.29 is 150 Å². The molecule has 0 aromatic carbocycles.